The van der Waals surface area contributed by atoms with Gasteiger partial charge in [0.25, 0.3) is 5.78 Å². The highest BCUT2D eigenvalue weighted by Crippen LogP contribution is 2.16. The number of carbonyl (C=O) groups is 2. The van der Waals surface area contributed by atoms with Gasteiger partial charge >= 0.3 is 11.7 Å². The first-order chi connectivity index (χ1) is 9.08. The van der Waals surface area contributed by atoms with Crippen molar-refractivity contribution >= 4 is 22.9 Å². The van der Waals surface area contributed by atoms with Crippen molar-refractivity contribution in [3.8, 4) is 0 Å². The van der Waals surface area contributed by atoms with E-state index in [2.05, 4.69) is 4.74 Å². The average molecular weight is 263 g/mol. The van der Waals surface area contributed by atoms with Crippen molar-refractivity contribution in [1.82, 2.24) is 4.57 Å². The molecule has 2 rings (SSSR count). The van der Waals surface area contributed by atoms with Crippen molar-refractivity contribution in [2.75, 3.05) is 7.11 Å². The van der Waals surface area contributed by atoms with E-state index in [-0.39, 0.29) is 11.1 Å². The number of aryl methyl sites for hydroxylation is 1. The highest BCUT2D eigenvalue weighted by Gasteiger charge is 2.18. The van der Waals surface area contributed by atoms with Crippen LogP contribution in [0.15, 0.2) is 27.4 Å². The van der Waals surface area contributed by atoms with Crippen molar-refractivity contribution in [1.29, 1.82) is 0 Å². The Morgan fingerprint density at radius 1 is 1.37 bits per heavy atom. The number of Topliss-reactive ketones (excluding diaryl/α,β-unsaturated/α-hetero) is 1. The Morgan fingerprint density at radius 2 is 2.11 bits per heavy atom. The fourth-order valence-corrected chi connectivity index (χ4v) is 1.85. The summed E-state index contributed by atoms with van der Waals surface area (Å²) in [6.45, 7) is 2.48. The van der Waals surface area contributed by atoms with Crippen LogP contribution in [0.25, 0.3) is 11.1 Å². The standard InChI is InChI=1S/C13H13NO5/c1-3-6-14-9-5-4-8(11(15)12(16)18-2)7-10(9)19-13(14)17/h4-5,7H,3,6H2,1-2H3. The summed E-state index contributed by atoms with van der Waals surface area (Å²) in [5.74, 6) is -2.19. The lowest BCUT2D eigenvalue weighted by atomic mass is 10.1. The van der Waals surface area contributed by atoms with E-state index in [0.29, 0.717) is 12.1 Å². The van der Waals surface area contributed by atoms with Crippen LogP contribution in [0.2, 0.25) is 0 Å². The van der Waals surface area contributed by atoms with Crippen LogP contribution in [0.3, 0.4) is 0 Å². The normalized spacial score (nSPS) is 10.6. The van der Waals surface area contributed by atoms with Crippen LogP contribution < -0.4 is 5.76 Å². The van der Waals surface area contributed by atoms with Crippen LogP contribution in [-0.4, -0.2) is 23.4 Å². The van der Waals surface area contributed by atoms with Gasteiger partial charge in [-0.3, -0.25) is 9.36 Å². The number of carbonyl (C=O) groups excluding carboxylic acids is 2. The summed E-state index contributed by atoms with van der Waals surface area (Å²) in [5.41, 5.74) is 1.03. The predicted molar refractivity (Wildman–Crippen MR) is 67.1 cm³/mol. The molecule has 0 radical (unpaired) electrons. The molecule has 100 valence electrons. The third kappa shape index (κ3) is 2.29. The summed E-state index contributed by atoms with van der Waals surface area (Å²) in [5, 5.41) is 0. The van der Waals surface area contributed by atoms with Crippen molar-refractivity contribution in [3.63, 3.8) is 0 Å². The molecule has 6 nitrogen and oxygen atoms in total. The first-order valence-electron chi connectivity index (χ1n) is 5.84. The molecule has 0 spiro atoms. The Balaban J connectivity index is 2.51. The molecule has 0 aliphatic heterocycles. The summed E-state index contributed by atoms with van der Waals surface area (Å²) >= 11 is 0. The number of methoxy groups -OCH3 is 1. The van der Waals surface area contributed by atoms with Gasteiger partial charge in [0.15, 0.2) is 5.58 Å². The summed E-state index contributed by atoms with van der Waals surface area (Å²) in [7, 11) is 1.14. The highest BCUT2D eigenvalue weighted by molar-refractivity contribution is 6.40. The lowest BCUT2D eigenvalue weighted by Crippen LogP contribution is -2.15. The summed E-state index contributed by atoms with van der Waals surface area (Å²) < 4.78 is 10.9. The second-order valence-electron chi connectivity index (χ2n) is 4.02. The molecule has 0 saturated heterocycles. The minimum absolute atomic E-state index is 0.136. The highest BCUT2D eigenvalue weighted by atomic mass is 16.5. The molecule has 0 amide bonds. The molecule has 0 bridgehead atoms. The summed E-state index contributed by atoms with van der Waals surface area (Å²) in [6.07, 6.45) is 0.789. The molecular formula is C13H13NO5. The number of aromatic nitrogens is 1. The molecule has 19 heavy (non-hydrogen) atoms. The van der Waals surface area contributed by atoms with E-state index in [1.807, 2.05) is 6.92 Å². The molecule has 2 aromatic rings. The number of ketones is 1. The van der Waals surface area contributed by atoms with E-state index in [1.165, 1.54) is 16.7 Å². The second kappa shape index (κ2) is 5.09. The fraction of sp³-hybridized carbons (Fsp3) is 0.308. The molecule has 0 atom stereocenters. The van der Waals surface area contributed by atoms with Crippen LogP contribution in [0.1, 0.15) is 23.7 Å². The number of benzene rings is 1. The maximum Gasteiger partial charge on any atom is 0.419 e. The largest absolute Gasteiger partial charge is 0.463 e. The maximum atomic E-state index is 11.6. The summed E-state index contributed by atoms with van der Waals surface area (Å²) in [6, 6.07) is 4.44. The summed E-state index contributed by atoms with van der Waals surface area (Å²) in [4.78, 5) is 34.4. The van der Waals surface area contributed by atoms with Gasteiger partial charge in [-0.25, -0.2) is 9.59 Å². The van der Waals surface area contributed by atoms with Crippen molar-refractivity contribution < 1.29 is 18.7 Å². The van der Waals surface area contributed by atoms with Gasteiger partial charge in [-0.1, -0.05) is 6.92 Å². The predicted octanol–water partition coefficient (Wildman–Crippen LogP) is 1.36. The number of rotatable bonds is 4. The molecule has 1 heterocycles. The number of ether oxygens (including phenoxy) is 1. The van der Waals surface area contributed by atoms with Crippen molar-refractivity contribution in [2.24, 2.45) is 0 Å². The number of hydrogen-bond donors (Lipinski definition) is 0. The van der Waals surface area contributed by atoms with E-state index in [4.69, 9.17) is 4.42 Å². The van der Waals surface area contributed by atoms with Crippen LogP contribution in [0.4, 0.5) is 0 Å². The monoisotopic (exact) mass is 263 g/mol. The third-order valence-corrected chi connectivity index (χ3v) is 2.75. The maximum absolute atomic E-state index is 11.6. The number of hydrogen-bond acceptors (Lipinski definition) is 5. The molecule has 1 aromatic carbocycles. The van der Waals surface area contributed by atoms with Gasteiger partial charge in [0, 0.05) is 12.1 Å². The van der Waals surface area contributed by atoms with E-state index in [0.717, 1.165) is 13.5 Å². The number of fused-ring (bicyclic) bond motifs is 1. The second-order valence-corrected chi connectivity index (χ2v) is 4.02. The SMILES string of the molecule is CCCn1c(=O)oc2cc(C(=O)C(=O)OC)ccc21. The van der Waals surface area contributed by atoms with Gasteiger partial charge in [-0.15, -0.1) is 0 Å². The van der Waals surface area contributed by atoms with Crippen LogP contribution >= 0.6 is 0 Å². The number of esters is 1. The zero-order chi connectivity index (χ0) is 14.0. The van der Waals surface area contributed by atoms with Crippen LogP contribution in [0, 0.1) is 0 Å². The molecule has 0 fully saturated rings. The molecule has 0 aliphatic carbocycles. The zero-order valence-electron chi connectivity index (χ0n) is 10.6. The minimum atomic E-state index is -0.949. The van der Waals surface area contributed by atoms with E-state index in [9.17, 15) is 14.4 Å². The van der Waals surface area contributed by atoms with Gasteiger partial charge in [0.1, 0.15) is 0 Å². The molecule has 0 aliphatic rings. The number of nitrogens with zero attached hydrogens (tertiary/aromatic N) is 1. The van der Waals surface area contributed by atoms with Crippen molar-refractivity contribution in [3.05, 3.63) is 34.3 Å². The lowest BCUT2D eigenvalue weighted by Gasteiger charge is -2.00. The molecule has 0 N–H and O–H groups in total. The Hall–Kier alpha value is -2.37. The van der Waals surface area contributed by atoms with Gasteiger partial charge in [-0.05, 0) is 24.6 Å². The first kappa shape index (κ1) is 13.1. The van der Waals surface area contributed by atoms with Crippen molar-refractivity contribution in [2.45, 2.75) is 19.9 Å². The lowest BCUT2D eigenvalue weighted by molar-refractivity contribution is -0.135. The molecule has 6 heteroatoms. The van der Waals surface area contributed by atoms with Gasteiger partial charge in [0.05, 0.1) is 12.6 Å². The van der Waals surface area contributed by atoms with Crippen LogP contribution in [-0.2, 0) is 16.1 Å². The molecule has 0 saturated carbocycles. The zero-order valence-corrected chi connectivity index (χ0v) is 10.6. The Bertz CT molecular complexity index is 695. The first-order valence-corrected chi connectivity index (χ1v) is 5.84. The van der Waals surface area contributed by atoms with E-state index >= 15 is 0 Å². The Labute approximate surface area is 108 Å². The smallest absolute Gasteiger partial charge is 0.419 e. The molecule has 1 aromatic heterocycles. The van der Waals surface area contributed by atoms with Gasteiger partial charge in [0.2, 0.25) is 0 Å². The van der Waals surface area contributed by atoms with Crippen LogP contribution in [0.5, 0.6) is 0 Å². The quantitative estimate of drug-likeness (QED) is 0.473. The topological polar surface area (TPSA) is 78.5 Å². The van der Waals surface area contributed by atoms with Gasteiger partial charge < -0.3 is 9.15 Å². The average Bonchev–Trinajstić information content (AvgIpc) is 2.73. The Kier molecular flexibility index (Phi) is 3.50. The van der Waals surface area contributed by atoms with E-state index < -0.39 is 17.5 Å². The molecule has 0 unspecified atom stereocenters. The third-order valence-electron chi connectivity index (χ3n) is 2.75. The Morgan fingerprint density at radius 3 is 2.74 bits per heavy atom. The number of oxazole rings is 1. The minimum Gasteiger partial charge on any atom is -0.463 e. The fourth-order valence-electron chi connectivity index (χ4n) is 1.85. The van der Waals surface area contributed by atoms with E-state index in [1.54, 1.807) is 6.07 Å². The van der Waals surface area contributed by atoms with Gasteiger partial charge in [-0.2, -0.15) is 0 Å². The molecular weight excluding hydrogens is 250 g/mol.